The number of methoxy groups -OCH3 is 1. The maximum absolute atomic E-state index is 12.0. The van der Waals surface area contributed by atoms with Crippen molar-refractivity contribution in [2.24, 2.45) is 0 Å². The van der Waals surface area contributed by atoms with E-state index in [2.05, 4.69) is 10.0 Å². The van der Waals surface area contributed by atoms with Crippen molar-refractivity contribution in [3.63, 3.8) is 0 Å². The molecule has 0 spiro atoms. The predicted molar refractivity (Wildman–Crippen MR) is 80.7 cm³/mol. The molecule has 7 heteroatoms. The van der Waals surface area contributed by atoms with Gasteiger partial charge < -0.3 is 10.1 Å². The second kappa shape index (κ2) is 7.53. The molecule has 1 aromatic carbocycles. The van der Waals surface area contributed by atoms with Gasteiger partial charge in [-0.15, -0.1) is 0 Å². The number of ether oxygens (including phenoxy) is 1. The van der Waals surface area contributed by atoms with Gasteiger partial charge >= 0.3 is 0 Å². The van der Waals surface area contributed by atoms with E-state index in [1.807, 2.05) is 6.92 Å². The Balaban J connectivity index is 2.81. The minimum Gasteiger partial charge on any atom is -0.383 e. The Morgan fingerprint density at radius 2 is 1.76 bits per heavy atom. The van der Waals surface area contributed by atoms with Crippen LogP contribution in [-0.4, -0.2) is 40.1 Å². The summed E-state index contributed by atoms with van der Waals surface area (Å²) in [6.07, 6.45) is 0. The summed E-state index contributed by atoms with van der Waals surface area (Å²) in [6.45, 7) is 5.73. The van der Waals surface area contributed by atoms with Gasteiger partial charge in [0.25, 0.3) is 5.91 Å². The van der Waals surface area contributed by atoms with E-state index in [0.717, 1.165) is 0 Å². The third-order valence-electron chi connectivity index (χ3n) is 2.61. The molecular weight excluding hydrogens is 292 g/mol. The zero-order chi connectivity index (χ0) is 16.0. The van der Waals surface area contributed by atoms with Crippen LogP contribution in [-0.2, 0) is 14.8 Å². The highest BCUT2D eigenvalue weighted by Gasteiger charge is 2.16. The lowest BCUT2D eigenvalue weighted by Crippen LogP contribution is -2.35. The number of rotatable bonds is 7. The van der Waals surface area contributed by atoms with Gasteiger partial charge in [0, 0.05) is 24.8 Å². The molecule has 0 heterocycles. The lowest BCUT2D eigenvalue weighted by atomic mass is 10.2. The molecule has 0 aliphatic rings. The summed E-state index contributed by atoms with van der Waals surface area (Å²) in [4.78, 5) is 12.1. The molecule has 6 nitrogen and oxygen atoms in total. The molecule has 0 radical (unpaired) electrons. The average molecular weight is 314 g/mol. The molecule has 1 rings (SSSR count). The Morgan fingerprint density at radius 1 is 1.19 bits per heavy atom. The Kier molecular flexibility index (Phi) is 6.32. The Bertz CT molecular complexity index is 567. The largest absolute Gasteiger partial charge is 0.383 e. The summed E-state index contributed by atoms with van der Waals surface area (Å²) in [5.74, 6) is -0.264. The first-order valence-corrected chi connectivity index (χ1v) is 8.16. The molecule has 0 saturated carbocycles. The third-order valence-corrected chi connectivity index (χ3v) is 4.29. The second-order valence-electron chi connectivity index (χ2n) is 5.13. The van der Waals surface area contributed by atoms with Gasteiger partial charge in [-0.1, -0.05) is 0 Å². The first kappa shape index (κ1) is 17.6. The molecule has 0 fully saturated rings. The van der Waals surface area contributed by atoms with Crippen molar-refractivity contribution in [2.75, 3.05) is 13.7 Å². The van der Waals surface area contributed by atoms with Crippen LogP contribution in [0.15, 0.2) is 29.2 Å². The number of carbonyl (C=O) groups excluding carboxylic acids is 1. The Labute approximate surface area is 125 Å². The monoisotopic (exact) mass is 314 g/mol. The Hall–Kier alpha value is -1.44. The fourth-order valence-corrected chi connectivity index (χ4v) is 3.01. The van der Waals surface area contributed by atoms with Gasteiger partial charge in [-0.05, 0) is 45.0 Å². The Morgan fingerprint density at radius 3 is 2.24 bits per heavy atom. The van der Waals surface area contributed by atoms with Crippen molar-refractivity contribution in [1.82, 2.24) is 10.0 Å². The maximum atomic E-state index is 12.0. The summed E-state index contributed by atoms with van der Waals surface area (Å²) in [5.41, 5.74) is 0.404. The van der Waals surface area contributed by atoms with E-state index in [1.165, 1.54) is 24.3 Å². The van der Waals surface area contributed by atoms with E-state index in [-0.39, 0.29) is 22.9 Å². The molecular formula is C14H22N2O4S. The molecule has 0 aliphatic heterocycles. The highest BCUT2D eigenvalue weighted by atomic mass is 32.2. The van der Waals surface area contributed by atoms with Gasteiger partial charge in [0.2, 0.25) is 10.0 Å². The zero-order valence-electron chi connectivity index (χ0n) is 12.7. The van der Waals surface area contributed by atoms with Crippen LogP contribution in [0.2, 0.25) is 0 Å². The molecule has 2 N–H and O–H groups in total. The molecule has 21 heavy (non-hydrogen) atoms. The first-order valence-electron chi connectivity index (χ1n) is 6.68. The van der Waals surface area contributed by atoms with Crippen molar-refractivity contribution in [3.8, 4) is 0 Å². The van der Waals surface area contributed by atoms with Crippen LogP contribution in [0.3, 0.4) is 0 Å². The molecule has 0 bridgehead atoms. The molecule has 0 aliphatic carbocycles. The number of hydrogen-bond donors (Lipinski definition) is 2. The van der Waals surface area contributed by atoms with Crippen molar-refractivity contribution in [1.29, 1.82) is 0 Å². The molecule has 1 aromatic rings. The minimum absolute atomic E-state index is 0.117. The number of hydrogen-bond acceptors (Lipinski definition) is 4. The summed E-state index contributed by atoms with van der Waals surface area (Å²) in [6, 6.07) is 5.51. The molecule has 1 atom stereocenters. The molecule has 0 aromatic heterocycles. The van der Waals surface area contributed by atoms with E-state index in [9.17, 15) is 13.2 Å². The summed E-state index contributed by atoms with van der Waals surface area (Å²) >= 11 is 0. The van der Waals surface area contributed by atoms with Gasteiger partial charge in [-0.25, -0.2) is 13.1 Å². The lowest BCUT2D eigenvalue weighted by molar-refractivity contribution is 0.0905. The standard InChI is InChI=1S/C14H22N2O4S/c1-10(2)16-21(18,19)13-7-5-12(6-8-13)14(17)15-11(3)9-20-4/h5-8,10-11,16H,9H2,1-4H3,(H,15,17). The number of carbonyl (C=O) groups is 1. The molecule has 118 valence electrons. The topological polar surface area (TPSA) is 84.5 Å². The SMILES string of the molecule is COCC(C)NC(=O)c1ccc(S(=O)(=O)NC(C)C)cc1. The summed E-state index contributed by atoms with van der Waals surface area (Å²) in [7, 11) is -1.98. The van der Waals surface area contributed by atoms with Crippen LogP contribution in [0.4, 0.5) is 0 Å². The van der Waals surface area contributed by atoms with E-state index in [1.54, 1.807) is 21.0 Å². The molecule has 1 unspecified atom stereocenters. The van der Waals surface area contributed by atoms with Crippen LogP contribution in [0.5, 0.6) is 0 Å². The van der Waals surface area contributed by atoms with E-state index >= 15 is 0 Å². The predicted octanol–water partition coefficient (Wildman–Crippen LogP) is 1.14. The number of sulfonamides is 1. The van der Waals surface area contributed by atoms with E-state index < -0.39 is 10.0 Å². The van der Waals surface area contributed by atoms with Crippen LogP contribution in [0.25, 0.3) is 0 Å². The number of benzene rings is 1. The fourth-order valence-electron chi connectivity index (χ4n) is 1.76. The summed E-state index contributed by atoms with van der Waals surface area (Å²) in [5, 5.41) is 2.76. The van der Waals surface area contributed by atoms with Gasteiger partial charge in [-0.3, -0.25) is 4.79 Å². The highest BCUT2D eigenvalue weighted by Crippen LogP contribution is 2.11. The van der Waals surface area contributed by atoms with Gasteiger partial charge in [-0.2, -0.15) is 0 Å². The van der Waals surface area contributed by atoms with E-state index in [4.69, 9.17) is 4.74 Å². The van der Waals surface area contributed by atoms with Crippen LogP contribution in [0, 0.1) is 0 Å². The van der Waals surface area contributed by atoms with Gasteiger partial charge in [0.1, 0.15) is 0 Å². The van der Waals surface area contributed by atoms with Crippen molar-refractivity contribution < 1.29 is 17.9 Å². The van der Waals surface area contributed by atoms with Crippen molar-refractivity contribution in [3.05, 3.63) is 29.8 Å². The van der Waals surface area contributed by atoms with Crippen LogP contribution in [0.1, 0.15) is 31.1 Å². The zero-order valence-corrected chi connectivity index (χ0v) is 13.5. The van der Waals surface area contributed by atoms with E-state index in [0.29, 0.717) is 12.2 Å². The van der Waals surface area contributed by atoms with Crippen LogP contribution >= 0.6 is 0 Å². The maximum Gasteiger partial charge on any atom is 0.251 e. The average Bonchev–Trinajstić information content (AvgIpc) is 2.37. The lowest BCUT2D eigenvalue weighted by Gasteiger charge is -2.13. The molecule has 0 saturated heterocycles. The van der Waals surface area contributed by atoms with Crippen molar-refractivity contribution in [2.45, 2.75) is 37.8 Å². The molecule has 1 amide bonds. The van der Waals surface area contributed by atoms with Crippen LogP contribution < -0.4 is 10.0 Å². The quantitative estimate of drug-likeness (QED) is 0.790. The first-order chi connectivity index (χ1) is 9.76. The minimum atomic E-state index is -3.54. The van der Waals surface area contributed by atoms with Gasteiger partial charge in [0.15, 0.2) is 0 Å². The second-order valence-corrected chi connectivity index (χ2v) is 6.84. The number of amides is 1. The fraction of sp³-hybridized carbons (Fsp3) is 0.500. The van der Waals surface area contributed by atoms with Crippen molar-refractivity contribution >= 4 is 15.9 Å². The van der Waals surface area contributed by atoms with Gasteiger partial charge in [0.05, 0.1) is 11.5 Å². The highest BCUT2D eigenvalue weighted by molar-refractivity contribution is 7.89. The normalized spacial score (nSPS) is 13.2. The third kappa shape index (κ3) is 5.45. The summed E-state index contributed by atoms with van der Waals surface area (Å²) < 4.78 is 31.3. The smallest absolute Gasteiger partial charge is 0.251 e. The number of nitrogens with one attached hydrogen (secondary N) is 2.